The minimum Gasteiger partial charge on any atom is -0.227 e. The lowest BCUT2D eigenvalue weighted by molar-refractivity contribution is 0.598. The maximum absolute atomic E-state index is 11.6. The normalized spacial score (nSPS) is 13.7. The first-order valence-corrected chi connectivity index (χ1v) is 12.1. The number of hydrogen-bond acceptors (Lipinski definition) is 4. The number of halogens is 2. The summed E-state index contributed by atoms with van der Waals surface area (Å²) in [6.07, 6.45) is 3.87. The predicted molar refractivity (Wildman–Crippen MR) is 124 cm³/mol. The minimum atomic E-state index is -3.80. The van der Waals surface area contributed by atoms with Crippen LogP contribution in [0.1, 0.15) is 35.6 Å². The topological polar surface area (TPSA) is 90.4 Å². The van der Waals surface area contributed by atoms with Crippen LogP contribution in [0.2, 0.25) is 10.0 Å². The summed E-state index contributed by atoms with van der Waals surface area (Å²) in [4.78, 5) is 4.81. The van der Waals surface area contributed by atoms with E-state index in [0.717, 1.165) is 29.8 Å². The van der Waals surface area contributed by atoms with Crippen molar-refractivity contribution in [3.05, 3.63) is 81.6 Å². The molecule has 6 nitrogen and oxygen atoms in total. The van der Waals surface area contributed by atoms with E-state index in [2.05, 4.69) is 16.9 Å². The number of nitrogens with two attached hydrogens (primary N) is 1. The fourth-order valence-electron chi connectivity index (χ4n) is 3.44. The van der Waals surface area contributed by atoms with Gasteiger partial charge in [-0.2, -0.15) is 5.10 Å². The van der Waals surface area contributed by atoms with Crippen molar-refractivity contribution in [2.75, 3.05) is 0 Å². The summed E-state index contributed by atoms with van der Waals surface area (Å²) in [5.74, 6) is 6.48. The van der Waals surface area contributed by atoms with E-state index in [4.69, 9.17) is 33.3 Å². The number of fused-ring (bicyclic) bond motifs is 1. The lowest BCUT2D eigenvalue weighted by atomic mass is 10.1. The molecule has 0 amide bonds. The van der Waals surface area contributed by atoms with Gasteiger partial charge in [0.1, 0.15) is 0 Å². The molecule has 0 atom stereocenters. The second-order valence-electron chi connectivity index (χ2n) is 7.59. The number of hydrogen-bond donors (Lipinski definition) is 1. The van der Waals surface area contributed by atoms with Crippen LogP contribution in [0.15, 0.2) is 59.6 Å². The minimum absolute atomic E-state index is 0.0141. The predicted octanol–water partition coefficient (Wildman–Crippen LogP) is 4.63. The molecule has 4 aromatic rings. The van der Waals surface area contributed by atoms with E-state index >= 15 is 0 Å². The molecule has 0 saturated heterocycles. The second kappa shape index (κ2) is 7.91. The molecule has 9 heteroatoms. The van der Waals surface area contributed by atoms with E-state index in [1.165, 1.54) is 12.1 Å². The van der Waals surface area contributed by atoms with Crippen LogP contribution in [0.4, 0.5) is 0 Å². The highest BCUT2D eigenvalue weighted by Gasteiger charge is 2.28. The molecule has 0 bridgehead atoms. The zero-order valence-electron chi connectivity index (χ0n) is 16.6. The average molecular weight is 483 g/mol. The Hall–Kier alpha value is -2.89. The van der Waals surface area contributed by atoms with Gasteiger partial charge in [0.15, 0.2) is 5.65 Å². The van der Waals surface area contributed by atoms with Crippen LogP contribution >= 0.6 is 23.2 Å². The Morgan fingerprint density at radius 3 is 2.56 bits per heavy atom. The van der Waals surface area contributed by atoms with Crippen LogP contribution in [-0.4, -0.2) is 23.0 Å². The quantitative estimate of drug-likeness (QED) is 0.431. The number of sulfonamides is 1. The molecule has 0 spiro atoms. The monoisotopic (exact) mass is 482 g/mol. The first kappa shape index (κ1) is 21.0. The molecule has 160 valence electrons. The molecule has 2 aromatic carbocycles. The van der Waals surface area contributed by atoms with Crippen LogP contribution < -0.4 is 5.14 Å². The summed E-state index contributed by atoms with van der Waals surface area (Å²) < 4.78 is 25.0. The Kier molecular flexibility index (Phi) is 5.19. The molecule has 1 saturated carbocycles. The molecule has 2 aromatic heterocycles. The lowest BCUT2D eigenvalue weighted by Gasteiger charge is -2.08. The van der Waals surface area contributed by atoms with Crippen molar-refractivity contribution >= 4 is 38.9 Å². The SMILES string of the molecule is NS(=O)(=O)c1cccc(C#Cc2cnn3c(C4CC4)cc(-c4ccc(Cl)c(Cl)c4)nc23)c1. The van der Waals surface area contributed by atoms with Crippen molar-refractivity contribution in [1.29, 1.82) is 0 Å². The van der Waals surface area contributed by atoms with E-state index in [9.17, 15) is 8.42 Å². The molecule has 0 unspecified atom stereocenters. The smallest absolute Gasteiger partial charge is 0.227 e. The molecule has 1 fully saturated rings. The fourth-order valence-corrected chi connectivity index (χ4v) is 4.30. The molecule has 5 rings (SSSR count). The maximum Gasteiger partial charge on any atom is 0.238 e. The Morgan fingerprint density at radius 1 is 1.03 bits per heavy atom. The number of primary sulfonamides is 1. The van der Waals surface area contributed by atoms with Crippen molar-refractivity contribution in [2.45, 2.75) is 23.7 Å². The molecule has 2 N–H and O–H groups in total. The van der Waals surface area contributed by atoms with Crippen LogP contribution in [0, 0.1) is 11.8 Å². The van der Waals surface area contributed by atoms with E-state index in [-0.39, 0.29) is 4.90 Å². The summed E-state index contributed by atoms with van der Waals surface area (Å²) in [5, 5.41) is 10.7. The summed E-state index contributed by atoms with van der Waals surface area (Å²) in [5.41, 5.74) is 4.47. The van der Waals surface area contributed by atoms with Gasteiger partial charge in [0.05, 0.1) is 32.4 Å². The van der Waals surface area contributed by atoms with Crippen molar-refractivity contribution in [3.63, 3.8) is 0 Å². The first-order chi connectivity index (χ1) is 15.3. The van der Waals surface area contributed by atoms with Crippen LogP contribution in [-0.2, 0) is 10.0 Å². The number of benzene rings is 2. The third kappa shape index (κ3) is 4.10. The third-order valence-corrected chi connectivity index (χ3v) is 6.86. The zero-order valence-corrected chi connectivity index (χ0v) is 18.9. The first-order valence-electron chi connectivity index (χ1n) is 9.78. The Labute approximate surface area is 195 Å². The Bertz CT molecular complexity index is 1550. The van der Waals surface area contributed by atoms with Gasteiger partial charge >= 0.3 is 0 Å². The van der Waals surface area contributed by atoms with Gasteiger partial charge in [0, 0.05) is 22.7 Å². The van der Waals surface area contributed by atoms with Gasteiger partial charge in [0.25, 0.3) is 0 Å². The van der Waals surface area contributed by atoms with Gasteiger partial charge in [-0.15, -0.1) is 0 Å². The van der Waals surface area contributed by atoms with E-state index in [1.807, 2.05) is 16.6 Å². The zero-order chi connectivity index (χ0) is 22.5. The fraction of sp³-hybridized carbons (Fsp3) is 0.130. The van der Waals surface area contributed by atoms with Gasteiger partial charge in [-0.25, -0.2) is 23.1 Å². The van der Waals surface area contributed by atoms with Gasteiger partial charge in [-0.1, -0.05) is 47.2 Å². The molecule has 32 heavy (non-hydrogen) atoms. The number of nitrogens with zero attached hydrogens (tertiary/aromatic N) is 3. The summed E-state index contributed by atoms with van der Waals surface area (Å²) in [6.45, 7) is 0. The average Bonchev–Trinajstić information content (AvgIpc) is 3.53. The number of rotatable bonds is 3. The number of aromatic nitrogens is 3. The van der Waals surface area contributed by atoms with Crippen molar-refractivity contribution in [2.24, 2.45) is 5.14 Å². The van der Waals surface area contributed by atoms with Crippen LogP contribution in [0.25, 0.3) is 16.9 Å². The summed E-state index contributed by atoms with van der Waals surface area (Å²) in [7, 11) is -3.80. The molecule has 1 aliphatic carbocycles. The van der Waals surface area contributed by atoms with Crippen LogP contribution in [0.5, 0.6) is 0 Å². The molecule has 0 aliphatic heterocycles. The van der Waals surface area contributed by atoms with Gasteiger partial charge < -0.3 is 0 Å². The molecular weight excluding hydrogens is 467 g/mol. The summed E-state index contributed by atoms with van der Waals surface area (Å²) >= 11 is 12.3. The maximum atomic E-state index is 11.6. The van der Waals surface area contributed by atoms with E-state index in [1.54, 1.807) is 30.5 Å². The van der Waals surface area contributed by atoms with Crippen LogP contribution in [0.3, 0.4) is 0 Å². The lowest BCUT2D eigenvalue weighted by Crippen LogP contribution is -2.11. The highest BCUT2D eigenvalue weighted by Crippen LogP contribution is 2.41. The van der Waals surface area contributed by atoms with E-state index in [0.29, 0.717) is 32.7 Å². The van der Waals surface area contributed by atoms with Gasteiger partial charge in [0.2, 0.25) is 10.0 Å². The standard InChI is InChI=1S/C23H16Cl2N4O2S/c24-19-9-8-16(11-20(19)25)21-12-22(15-6-7-15)29-23(28-21)17(13-27-29)5-4-14-2-1-3-18(10-14)32(26,30)31/h1-3,8-13,15H,6-7H2,(H2,26,30,31). The Balaban J connectivity index is 1.62. The van der Waals surface area contributed by atoms with E-state index < -0.39 is 10.0 Å². The summed E-state index contributed by atoms with van der Waals surface area (Å²) in [6, 6.07) is 13.6. The molecule has 1 aliphatic rings. The molecule has 2 heterocycles. The van der Waals surface area contributed by atoms with Gasteiger partial charge in [-0.05, 0) is 49.2 Å². The highest BCUT2D eigenvalue weighted by atomic mass is 35.5. The highest BCUT2D eigenvalue weighted by molar-refractivity contribution is 7.89. The van der Waals surface area contributed by atoms with Gasteiger partial charge in [-0.3, -0.25) is 0 Å². The largest absolute Gasteiger partial charge is 0.238 e. The van der Waals surface area contributed by atoms with Crippen molar-refractivity contribution < 1.29 is 8.42 Å². The second-order valence-corrected chi connectivity index (χ2v) is 9.96. The Morgan fingerprint density at radius 2 is 1.84 bits per heavy atom. The van der Waals surface area contributed by atoms with Crippen molar-refractivity contribution in [3.8, 4) is 23.1 Å². The molecule has 0 radical (unpaired) electrons. The molecular formula is C23H16Cl2N4O2S. The van der Waals surface area contributed by atoms with Crippen molar-refractivity contribution in [1.82, 2.24) is 14.6 Å². The third-order valence-electron chi connectivity index (χ3n) is 5.21.